The summed E-state index contributed by atoms with van der Waals surface area (Å²) in [6.07, 6.45) is 3.65. The Morgan fingerprint density at radius 1 is 1.47 bits per heavy atom. The second-order valence-corrected chi connectivity index (χ2v) is 4.89. The summed E-state index contributed by atoms with van der Waals surface area (Å²) in [5.74, 6) is 3.60. The highest BCUT2D eigenvalue weighted by molar-refractivity contribution is 7.99. The molecule has 1 aliphatic heterocycles. The van der Waals surface area contributed by atoms with Crippen LogP contribution in [0.2, 0.25) is 0 Å². The first kappa shape index (κ1) is 11.0. The van der Waals surface area contributed by atoms with Crippen molar-refractivity contribution in [1.29, 1.82) is 0 Å². The summed E-state index contributed by atoms with van der Waals surface area (Å²) in [6.45, 7) is 5.53. The van der Waals surface area contributed by atoms with Gasteiger partial charge in [-0.3, -0.25) is 0 Å². The van der Waals surface area contributed by atoms with E-state index in [1.165, 1.54) is 24.6 Å². The quantitative estimate of drug-likeness (QED) is 0.720. The molecule has 0 saturated carbocycles. The number of imidazole rings is 1. The van der Waals surface area contributed by atoms with E-state index in [0.29, 0.717) is 0 Å². The van der Waals surface area contributed by atoms with Gasteiger partial charge < -0.3 is 15.2 Å². The largest absolute Gasteiger partial charge is 0.348 e. The van der Waals surface area contributed by atoms with Crippen molar-refractivity contribution in [3.63, 3.8) is 0 Å². The maximum Gasteiger partial charge on any atom is 0.120 e. The van der Waals surface area contributed by atoms with E-state index < -0.39 is 0 Å². The molecule has 4 nitrogen and oxygen atoms in total. The zero-order valence-corrected chi connectivity index (χ0v) is 9.72. The van der Waals surface area contributed by atoms with Crippen molar-refractivity contribution < 1.29 is 0 Å². The molecule has 0 bridgehead atoms. The average Bonchev–Trinajstić information content (AvgIpc) is 2.79. The van der Waals surface area contributed by atoms with Crippen molar-refractivity contribution in [3.8, 4) is 0 Å². The molecule has 2 N–H and O–H groups in total. The smallest absolute Gasteiger partial charge is 0.120 e. The molecule has 2 rings (SSSR count). The lowest BCUT2D eigenvalue weighted by Gasteiger charge is -2.25. The lowest BCUT2D eigenvalue weighted by Crippen LogP contribution is -2.37. The van der Waals surface area contributed by atoms with E-state index in [1.54, 1.807) is 6.20 Å². The Kier molecular flexibility index (Phi) is 4.50. The molecule has 2 heterocycles. The van der Waals surface area contributed by atoms with Crippen molar-refractivity contribution in [2.45, 2.75) is 6.54 Å². The van der Waals surface area contributed by atoms with Crippen molar-refractivity contribution in [3.05, 3.63) is 18.2 Å². The van der Waals surface area contributed by atoms with Crippen LogP contribution in [0.1, 0.15) is 5.82 Å². The maximum absolute atomic E-state index is 4.17. The summed E-state index contributed by atoms with van der Waals surface area (Å²) in [4.78, 5) is 9.77. The molecule has 0 unspecified atom stereocenters. The van der Waals surface area contributed by atoms with Crippen LogP contribution in [0.15, 0.2) is 12.4 Å². The molecule has 0 spiro atoms. The molecule has 1 fully saturated rings. The van der Waals surface area contributed by atoms with Crippen molar-refractivity contribution in [2.75, 3.05) is 37.7 Å². The maximum atomic E-state index is 4.17. The third-order valence-electron chi connectivity index (χ3n) is 2.56. The van der Waals surface area contributed by atoms with Crippen molar-refractivity contribution in [1.82, 2.24) is 20.2 Å². The topological polar surface area (TPSA) is 44.0 Å². The molecule has 0 aliphatic carbocycles. The fourth-order valence-electron chi connectivity index (χ4n) is 1.66. The van der Waals surface area contributed by atoms with E-state index in [4.69, 9.17) is 0 Å². The molecule has 0 radical (unpaired) electrons. The number of hydrogen-bond acceptors (Lipinski definition) is 4. The number of nitrogens with zero attached hydrogens (tertiary/aromatic N) is 2. The predicted octanol–water partition coefficient (Wildman–Crippen LogP) is 0.548. The number of nitrogens with one attached hydrogen (secondary N) is 2. The van der Waals surface area contributed by atoms with E-state index in [0.717, 1.165) is 25.5 Å². The second kappa shape index (κ2) is 6.15. The van der Waals surface area contributed by atoms with Crippen molar-refractivity contribution in [2.24, 2.45) is 0 Å². The summed E-state index contributed by atoms with van der Waals surface area (Å²) in [7, 11) is 0. The highest BCUT2D eigenvalue weighted by Crippen LogP contribution is 2.07. The van der Waals surface area contributed by atoms with E-state index in [9.17, 15) is 0 Å². The Morgan fingerprint density at radius 2 is 2.33 bits per heavy atom. The van der Waals surface area contributed by atoms with Gasteiger partial charge in [-0.25, -0.2) is 4.98 Å². The van der Waals surface area contributed by atoms with E-state index in [-0.39, 0.29) is 0 Å². The van der Waals surface area contributed by atoms with Gasteiger partial charge >= 0.3 is 0 Å². The second-order valence-electron chi connectivity index (χ2n) is 3.67. The number of thioether (sulfide) groups is 1. The van der Waals surface area contributed by atoms with Crippen molar-refractivity contribution >= 4 is 11.8 Å². The molecule has 0 amide bonds. The van der Waals surface area contributed by atoms with Gasteiger partial charge in [-0.2, -0.15) is 11.8 Å². The van der Waals surface area contributed by atoms with Crippen LogP contribution >= 0.6 is 11.8 Å². The van der Waals surface area contributed by atoms with Crippen LogP contribution in [0.5, 0.6) is 0 Å². The first-order valence-corrected chi connectivity index (χ1v) is 6.60. The average molecular weight is 226 g/mol. The van der Waals surface area contributed by atoms with Crippen LogP contribution in [-0.4, -0.2) is 52.6 Å². The monoisotopic (exact) mass is 226 g/mol. The molecular formula is C10H18N4S. The number of aromatic nitrogens is 2. The molecule has 0 atom stereocenters. The minimum atomic E-state index is 0.843. The Balaban J connectivity index is 1.54. The number of hydrogen-bond donors (Lipinski definition) is 2. The Hall–Kier alpha value is -0.520. The first-order chi connectivity index (χ1) is 7.45. The lowest BCUT2D eigenvalue weighted by molar-refractivity contribution is 0.300. The van der Waals surface area contributed by atoms with Gasteiger partial charge in [0.15, 0.2) is 0 Å². The summed E-state index contributed by atoms with van der Waals surface area (Å²) < 4.78 is 0. The molecule has 0 aromatic carbocycles. The van der Waals surface area contributed by atoms with Crippen LogP contribution < -0.4 is 5.32 Å². The predicted molar refractivity (Wildman–Crippen MR) is 64.1 cm³/mol. The highest BCUT2D eigenvalue weighted by atomic mass is 32.2. The molecule has 1 aromatic heterocycles. The van der Waals surface area contributed by atoms with Gasteiger partial charge in [0.1, 0.15) is 5.82 Å². The number of H-pyrrole nitrogens is 1. The van der Waals surface area contributed by atoms with Crippen LogP contribution in [0, 0.1) is 0 Å². The SMILES string of the molecule is c1c[nH]c(CNCCN2CCSCC2)n1. The zero-order valence-electron chi connectivity index (χ0n) is 8.91. The Labute approximate surface area is 94.8 Å². The van der Waals surface area contributed by atoms with Crippen LogP contribution in [0.4, 0.5) is 0 Å². The first-order valence-electron chi connectivity index (χ1n) is 5.44. The van der Waals surface area contributed by atoms with Gasteiger partial charge in [0.05, 0.1) is 6.54 Å². The third-order valence-corrected chi connectivity index (χ3v) is 3.50. The fourth-order valence-corrected chi connectivity index (χ4v) is 2.64. The molecule has 1 aliphatic rings. The van der Waals surface area contributed by atoms with E-state index in [1.807, 2.05) is 6.20 Å². The van der Waals surface area contributed by atoms with Gasteiger partial charge in [-0.1, -0.05) is 0 Å². The normalized spacial score (nSPS) is 18.1. The Bertz CT molecular complexity index is 256. The number of aromatic amines is 1. The standard InChI is InChI=1S/C10H18N4S/c1-2-13-10(12-1)9-11-3-4-14-5-7-15-8-6-14/h1-2,11H,3-9H2,(H,12,13). The van der Waals surface area contributed by atoms with Gasteiger partial charge in [0.2, 0.25) is 0 Å². The summed E-state index contributed by atoms with van der Waals surface area (Å²) in [5.41, 5.74) is 0. The van der Waals surface area contributed by atoms with E-state index in [2.05, 4.69) is 31.9 Å². The molecule has 15 heavy (non-hydrogen) atoms. The fraction of sp³-hybridized carbons (Fsp3) is 0.700. The Morgan fingerprint density at radius 3 is 3.07 bits per heavy atom. The minimum Gasteiger partial charge on any atom is -0.348 e. The molecule has 1 saturated heterocycles. The van der Waals surface area contributed by atoms with Gasteiger partial charge in [-0.05, 0) is 0 Å². The highest BCUT2D eigenvalue weighted by Gasteiger charge is 2.08. The molecule has 84 valence electrons. The van der Waals surface area contributed by atoms with E-state index >= 15 is 0 Å². The van der Waals surface area contributed by atoms with Gasteiger partial charge in [-0.15, -0.1) is 0 Å². The van der Waals surface area contributed by atoms with Crippen LogP contribution in [0.3, 0.4) is 0 Å². The van der Waals surface area contributed by atoms with Gasteiger partial charge in [0.25, 0.3) is 0 Å². The molecule has 5 heteroatoms. The summed E-state index contributed by atoms with van der Waals surface area (Å²) >= 11 is 2.06. The van der Waals surface area contributed by atoms with Crippen LogP contribution in [0.25, 0.3) is 0 Å². The molecular weight excluding hydrogens is 208 g/mol. The summed E-state index contributed by atoms with van der Waals surface area (Å²) in [5, 5.41) is 3.39. The lowest BCUT2D eigenvalue weighted by atomic mass is 10.4. The van der Waals surface area contributed by atoms with Gasteiger partial charge in [0, 0.05) is 50.1 Å². The third kappa shape index (κ3) is 3.85. The summed E-state index contributed by atoms with van der Waals surface area (Å²) in [6, 6.07) is 0. The van der Waals surface area contributed by atoms with Crippen LogP contribution in [-0.2, 0) is 6.54 Å². The molecule has 1 aromatic rings. The zero-order chi connectivity index (χ0) is 10.3. The minimum absolute atomic E-state index is 0.843. The number of rotatable bonds is 5.